The monoisotopic (exact) mass is 295 g/mol. The third-order valence-corrected chi connectivity index (χ3v) is 4.73. The van der Waals surface area contributed by atoms with Crippen molar-refractivity contribution in [1.29, 1.82) is 0 Å². The molecule has 2 rings (SSSR count). The normalized spacial score (nSPS) is 24.0. The summed E-state index contributed by atoms with van der Waals surface area (Å²) in [7, 11) is 0. The van der Waals surface area contributed by atoms with Gasteiger partial charge in [-0.25, -0.2) is 8.78 Å². The van der Waals surface area contributed by atoms with Gasteiger partial charge in [0, 0.05) is 6.04 Å². The van der Waals surface area contributed by atoms with Gasteiger partial charge in [0.1, 0.15) is 0 Å². The molecule has 0 bridgehead atoms. The van der Waals surface area contributed by atoms with E-state index in [1.807, 2.05) is 0 Å². The third kappa shape index (κ3) is 4.77. The highest BCUT2D eigenvalue weighted by Gasteiger charge is 2.26. The first-order valence-electron chi connectivity index (χ1n) is 8.27. The summed E-state index contributed by atoms with van der Waals surface area (Å²) in [5.41, 5.74) is 0.890. The molecule has 1 saturated carbocycles. The predicted molar refractivity (Wildman–Crippen MR) is 83.3 cm³/mol. The van der Waals surface area contributed by atoms with Crippen LogP contribution in [0, 0.1) is 23.5 Å². The van der Waals surface area contributed by atoms with Crippen molar-refractivity contribution in [1.82, 2.24) is 5.32 Å². The van der Waals surface area contributed by atoms with Crippen LogP contribution < -0.4 is 5.32 Å². The Bertz CT molecular complexity index is 439. The van der Waals surface area contributed by atoms with Crippen LogP contribution in [0.1, 0.15) is 51.5 Å². The lowest BCUT2D eigenvalue weighted by molar-refractivity contribution is 0.228. The Morgan fingerprint density at radius 1 is 1.14 bits per heavy atom. The van der Waals surface area contributed by atoms with Crippen molar-refractivity contribution in [2.45, 2.75) is 58.4 Å². The first-order chi connectivity index (χ1) is 10.1. The van der Waals surface area contributed by atoms with E-state index in [0.29, 0.717) is 12.0 Å². The maximum Gasteiger partial charge on any atom is 0.159 e. The summed E-state index contributed by atoms with van der Waals surface area (Å²) in [4.78, 5) is 0. The van der Waals surface area contributed by atoms with Crippen molar-refractivity contribution in [2.24, 2.45) is 11.8 Å². The fourth-order valence-corrected chi connectivity index (χ4v) is 3.34. The van der Waals surface area contributed by atoms with Gasteiger partial charge in [-0.05, 0) is 61.8 Å². The Morgan fingerprint density at radius 2 is 1.86 bits per heavy atom. The molecule has 1 atom stereocenters. The lowest BCUT2D eigenvalue weighted by Crippen LogP contribution is -2.40. The quantitative estimate of drug-likeness (QED) is 0.802. The Labute approximate surface area is 127 Å². The minimum Gasteiger partial charge on any atom is -0.313 e. The summed E-state index contributed by atoms with van der Waals surface area (Å²) in [6, 6.07) is 4.68. The van der Waals surface area contributed by atoms with E-state index < -0.39 is 11.6 Å². The van der Waals surface area contributed by atoms with E-state index in [9.17, 15) is 8.78 Å². The van der Waals surface area contributed by atoms with Gasteiger partial charge >= 0.3 is 0 Å². The van der Waals surface area contributed by atoms with Gasteiger partial charge < -0.3 is 5.32 Å². The molecule has 1 aliphatic carbocycles. The second kappa shape index (κ2) is 7.88. The van der Waals surface area contributed by atoms with Crippen LogP contribution in [0.3, 0.4) is 0 Å². The lowest BCUT2D eigenvalue weighted by atomic mass is 9.77. The van der Waals surface area contributed by atoms with E-state index in [1.54, 1.807) is 6.07 Å². The molecular formula is C18H27F2N. The van der Waals surface area contributed by atoms with Crippen LogP contribution in [-0.2, 0) is 6.42 Å². The zero-order valence-electron chi connectivity index (χ0n) is 13.2. The third-order valence-electron chi connectivity index (χ3n) is 4.73. The van der Waals surface area contributed by atoms with Gasteiger partial charge in [-0.3, -0.25) is 0 Å². The van der Waals surface area contributed by atoms with Crippen molar-refractivity contribution >= 4 is 0 Å². The topological polar surface area (TPSA) is 12.0 Å². The molecule has 1 nitrogen and oxygen atoms in total. The van der Waals surface area contributed by atoms with Gasteiger partial charge in [0.25, 0.3) is 0 Å². The Balaban J connectivity index is 2.02. The number of rotatable bonds is 6. The van der Waals surface area contributed by atoms with Crippen molar-refractivity contribution in [3.63, 3.8) is 0 Å². The van der Waals surface area contributed by atoms with Crippen LogP contribution in [0.15, 0.2) is 18.2 Å². The second-order valence-electron chi connectivity index (χ2n) is 6.53. The van der Waals surface area contributed by atoms with Crippen LogP contribution in [0.4, 0.5) is 8.78 Å². The summed E-state index contributed by atoms with van der Waals surface area (Å²) >= 11 is 0. The zero-order chi connectivity index (χ0) is 15.2. The molecule has 1 aromatic carbocycles. The van der Waals surface area contributed by atoms with Gasteiger partial charge in [0.15, 0.2) is 11.6 Å². The minimum atomic E-state index is -0.761. The zero-order valence-corrected chi connectivity index (χ0v) is 13.2. The molecule has 3 heteroatoms. The molecule has 1 fully saturated rings. The average molecular weight is 295 g/mol. The summed E-state index contributed by atoms with van der Waals surface area (Å²) in [6.07, 6.45) is 6.94. The summed E-state index contributed by atoms with van der Waals surface area (Å²) in [5, 5.41) is 3.62. The standard InChI is InChI=1S/C18H27F2N/c1-3-10-21-18(15-7-4-13(2)5-8-15)12-14-6-9-16(19)17(20)11-14/h6,9,11,13,15,18,21H,3-5,7-8,10,12H2,1-2H3. The smallest absolute Gasteiger partial charge is 0.159 e. The second-order valence-corrected chi connectivity index (χ2v) is 6.53. The fraction of sp³-hybridized carbons (Fsp3) is 0.667. The SMILES string of the molecule is CCCNC(Cc1ccc(F)c(F)c1)C1CCC(C)CC1. The predicted octanol–water partition coefficient (Wildman–Crippen LogP) is 4.70. The summed E-state index contributed by atoms with van der Waals surface area (Å²) in [6.45, 7) is 5.46. The average Bonchev–Trinajstić information content (AvgIpc) is 2.48. The van der Waals surface area contributed by atoms with Crippen LogP contribution >= 0.6 is 0 Å². The molecule has 1 aromatic rings. The largest absolute Gasteiger partial charge is 0.313 e. The molecule has 0 aliphatic heterocycles. The Morgan fingerprint density at radius 3 is 2.48 bits per heavy atom. The summed E-state index contributed by atoms with van der Waals surface area (Å²) in [5.74, 6) is -0.0143. The van der Waals surface area contributed by atoms with Crippen molar-refractivity contribution in [3.8, 4) is 0 Å². The number of hydrogen-bond acceptors (Lipinski definition) is 1. The van der Waals surface area contributed by atoms with E-state index in [0.717, 1.165) is 30.9 Å². The van der Waals surface area contributed by atoms with Crippen LogP contribution in [0.25, 0.3) is 0 Å². The van der Waals surface area contributed by atoms with E-state index in [2.05, 4.69) is 19.2 Å². The van der Waals surface area contributed by atoms with Gasteiger partial charge in [-0.15, -0.1) is 0 Å². The van der Waals surface area contributed by atoms with E-state index in [-0.39, 0.29) is 0 Å². The van der Waals surface area contributed by atoms with Gasteiger partial charge in [-0.1, -0.05) is 32.8 Å². The van der Waals surface area contributed by atoms with Gasteiger partial charge in [-0.2, -0.15) is 0 Å². The lowest BCUT2D eigenvalue weighted by Gasteiger charge is -2.33. The van der Waals surface area contributed by atoms with E-state index in [1.165, 1.54) is 37.8 Å². The van der Waals surface area contributed by atoms with Crippen LogP contribution in [-0.4, -0.2) is 12.6 Å². The Kier molecular flexibility index (Phi) is 6.16. The maximum atomic E-state index is 13.4. The molecule has 21 heavy (non-hydrogen) atoms. The molecule has 0 heterocycles. The highest BCUT2D eigenvalue weighted by Crippen LogP contribution is 2.31. The highest BCUT2D eigenvalue weighted by atomic mass is 19.2. The van der Waals surface area contributed by atoms with Crippen molar-refractivity contribution in [3.05, 3.63) is 35.4 Å². The van der Waals surface area contributed by atoms with Gasteiger partial charge in [0.2, 0.25) is 0 Å². The molecule has 0 radical (unpaired) electrons. The molecule has 1 aliphatic rings. The van der Waals surface area contributed by atoms with Crippen LogP contribution in [0.2, 0.25) is 0 Å². The first-order valence-corrected chi connectivity index (χ1v) is 8.27. The molecule has 118 valence electrons. The minimum absolute atomic E-state index is 0.377. The maximum absolute atomic E-state index is 13.4. The van der Waals surface area contributed by atoms with Crippen LogP contribution in [0.5, 0.6) is 0 Å². The molecular weight excluding hydrogens is 268 g/mol. The van der Waals surface area contributed by atoms with Crippen molar-refractivity contribution in [2.75, 3.05) is 6.54 Å². The van der Waals surface area contributed by atoms with E-state index >= 15 is 0 Å². The number of halogens is 2. The summed E-state index contributed by atoms with van der Waals surface area (Å²) < 4.78 is 26.4. The molecule has 1 unspecified atom stereocenters. The molecule has 1 N–H and O–H groups in total. The molecule has 0 spiro atoms. The number of benzene rings is 1. The Hall–Kier alpha value is -0.960. The van der Waals surface area contributed by atoms with Crippen molar-refractivity contribution < 1.29 is 8.78 Å². The number of hydrogen-bond donors (Lipinski definition) is 1. The molecule has 0 saturated heterocycles. The first kappa shape index (κ1) is 16.4. The van der Waals surface area contributed by atoms with Gasteiger partial charge in [0.05, 0.1) is 0 Å². The number of nitrogens with one attached hydrogen (secondary N) is 1. The molecule has 0 aromatic heterocycles. The van der Waals surface area contributed by atoms with E-state index in [4.69, 9.17) is 0 Å². The molecule has 0 amide bonds. The highest BCUT2D eigenvalue weighted by molar-refractivity contribution is 5.19. The fourth-order valence-electron chi connectivity index (χ4n) is 3.34.